The molecule has 0 fully saturated rings. The van der Waals surface area contributed by atoms with Gasteiger partial charge in [-0.2, -0.15) is 0 Å². The number of carbonyl (C=O) groups is 1. The van der Waals surface area contributed by atoms with Crippen LogP contribution in [-0.2, 0) is 0 Å². The number of aliphatic hydroxyl groups excluding tert-OH is 1. The topological polar surface area (TPSA) is 40.5 Å². The first-order valence-corrected chi connectivity index (χ1v) is 7.24. The third-order valence-corrected chi connectivity index (χ3v) is 4.53. The molecule has 1 aromatic heterocycles. The first kappa shape index (κ1) is 14.0. The molecule has 1 unspecified atom stereocenters. The summed E-state index contributed by atoms with van der Waals surface area (Å²) in [4.78, 5) is 14.9. The molecule has 19 heavy (non-hydrogen) atoms. The number of hydrogen-bond acceptors (Lipinski definition) is 3. The van der Waals surface area contributed by atoms with E-state index >= 15 is 0 Å². The highest BCUT2D eigenvalue weighted by molar-refractivity contribution is 7.21. The van der Waals surface area contributed by atoms with Crippen LogP contribution in [-0.4, -0.2) is 35.6 Å². The van der Waals surface area contributed by atoms with Crippen molar-refractivity contribution in [2.45, 2.75) is 26.4 Å². The molecular formula is C15H19NO2S. The largest absolute Gasteiger partial charge is 0.393 e. The average Bonchev–Trinajstić information content (AvgIpc) is 2.73. The fraction of sp³-hybridized carbons (Fsp3) is 0.400. The van der Waals surface area contributed by atoms with Crippen LogP contribution in [0.25, 0.3) is 10.1 Å². The van der Waals surface area contributed by atoms with Gasteiger partial charge in [-0.1, -0.05) is 18.2 Å². The first-order valence-electron chi connectivity index (χ1n) is 6.42. The van der Waals surface area contributed by atoms with Gasteiger partial charge in [-0.05, 0) is 37.3 Å². The van der Waals surface area contributed by atoms with Crippen LogP contribution in [0.15, 0.2) is 24.3 Å². The van der Waals surface area contributed by atoms with E-state index in [1.165, 1.54) is 0 Å². The molecule has 3 nitrogen and oxygen atoms in total. The minimum absolute atomic E-state index is 0.0411. The number of amides is 1. The van der Waals surface area contributed by atoms with Crippen molar-refractivity contribution in [1.82, 2.24) is 4.90 Å². The number of benzene rings is 1. The van der Waals surface area contributed by atoms with Crippen LogP contribution in [0.5, 0.6) is 0 Å². The van der Waals surface area contributed by atoms with E-state index in [9.17, 15) is 9.90 Å². The average molecular weight is 277 g/mol. The number of rotatable bonds is 4. The Labute approximate surface area is 117 Å². The van der Waals surface area contributed by atoms with E-state index in [-0.39, 0.29) is 12.0 Å². The zero-order valence-corrected chi connectivity index (χ0v) is 12.3. The van der Waals surface area contributed by atoms with Gasteiger partial charge in [-0.15, -0.1) is 11.3 Å². The molecule has 1 heterocycles. The molecule has 1 aromatic carbocycles. The van der Waals surface area contributed by atoms with Gasteiger partial charge in [0.2, 0.25) is 0 Å². The molecule has 1 atom stereocenters. The maximum atomic E-state index is 12.4. The summed E-state index contributed by atoms with van der Waals surface area (Å²) in [5, 5.41) is 10.4. The Balaban J connectivity index is 2.24. The Kier molecular flexibility index (Phi) is 4.22. The van der Waals surface area contributed by atoms with Crippen LogP contribution in [0.2, 0.25) is 0 Å². The summed E-state index contributed by atoms with van der Waals surface area (Å²) in [6, 6.07) is 8.07. The van der Waals surface area contributed by atoms with Gasteiger partial charge in [-0.3, -0.25) is 4.79 Å². The molecule has 0 saturated heterocycles. The number of aliphatic hydroxyl groups is 1. The van der Waals surface area contributed by atoms with Crippen molar-refractivity contribution in [3.63, 3.8) is 0 Å². The molecule has 0 bridgehead atoms. The van der Waals surface area contributed by atoms with Gasteiger partial charge in [0.05, 0.1) is 11.0 Å². The molecule has 0 aliphatic heterocycles. The predicted octanol–water partition coefficient (Wildman–Crippen LogP) is 3.05. The van der Waals surface area contributed by atoms with Crippen molar-refractivity contribution in [2.75, 3.05) is 13.6 Å². The lowest BCUT2D eigenvalue weighted by Crippen LogP contribution is -2.29. The second-order valence-electron chi connectivity index (χ2n) is 4.92. The van der Waals surface area contributed by atoms with Crippen LogP contribution in [0, 0.1) is 6.92 Å². The molecule has 0 aliphatic rings. The van der Waals surface area contributed by atoms with Gasteiger partial charge in [0.25, 0.3) is 5.91 Å². The van der Waals surface area contributed by atoms with E-state index in [1.54, 1.807) is 30.2 Å². The third kappa shape index (κ3) is 2.96. The van der Waals surface area contributed by atoms with Crippen LogP contribution >= 0.6 is 11.3 Å². The molecule has 4 heteroatoms. The lowest BCUT2D eigenvalue weighted by Gasteiger charge is -2.17. The molecule has 0 radical (unpaired) electrons. The summed E-state index contributed by atoms with van der Waals surface area (Å²) in [7, 11) is 1.79. The summed E-state index contributed by atoms with van der Waals surface area (Å²) in [6.07, 6.45) is 0.227. The lowest BCUT2D eigenvalue weighted by atomic mass is 10.1. The Bertz CT molecular complexity index is 589. The highest BCUT2D eigenvalue weighted by atomic mass is 32.1. The van der Waals surface area contributed by atoms with E-state index in [2.05, 4.69) is 0 Å². The molecule has 102 valence electrons. The second kappa shape index (κ2) is 5.72. The maximum absolute atomic E-state index is 12.4. The number of fused-ring (bicyclic) bond motifs is 1. The summed E-state index contributed by atoms with van der Waals surface area (Å²) >= 11 is 1.54. The molecule has 2 rings (SSSR count). The van der Waals surface area contributed by atoms with E-state index in [4.69, 9.17) is 0 Å². The first-order chi connectivity index (χ1) is 9.00. The summed E-state index contributed by atoms with van der Waals surface area (Å²) in [5.41, 5.74) is 1.05. The fourth-order valence-corrected chi connectivity index (χ4v) is 3.24. The number of aryl methyl sites for hydroxylation is 1. The molecule has 1 amide bonds. The predicted molar refractivity (Wildman–Crippen MR) is 79.8 cm³/mol. The Morgan fingerprint density at radius 1 is 1.42 bits per heavy atom. The van der Waals surface area contributed by atoms with Gasteiger partial charge in [0, 0.05) is 18.3 Å². The molecule has 1 N–H and O–H groups in total. The van der Waals surface area contributed by atoms with Crippen molar-refractivity contribution in [3.8, 4) is 0 Å². The minimum atomic E-state index is -0.376. The van der Waals surface area contributed by atoms with E-state index in [0.717, 1.165) is 20.5 Å². The van der Waals surface area contributed by atoms with E-state index in [1.807, 2.05) is 31.2 Å². The third-order valence-electron chi connectivity index (χ3n) is 3.27. The van der Waals surface area contributed by atoms with Gasteiger partial charge in [-0.25, -0.2) is 0 Å². The number of nitrogens with zero attached hydrogens (tertiary/aromatic N) is 1. The van der Waals surface area contributed by atoms with Crippen LogP contribution in [0.3, 0.4) is 0 Å². The van der Waals surface area contributed by atoms with Gasteiger partial charge < -0.3 is 10.0 Å². The second-order valence-corrected chi connectivity index (χ2v) is 5.97. The lowest BCUT2D eigenvalue weighted by molar-refractivity contribution is 0.0773. The number of hydrogen-bond donors (Lipinski definition) is 1. The van der Waals surface area contributed by atoms with Crippen LogP contribution < -0.4 is 0 Å². The minimum Gasteiger partial charge on any atom is -0.393 e. The van der Waals surface area contributed by atoms with Gasteiger partial charge in [0.15, 0.2) is 0 Å². The number of carbonyl (C=O) groups excluding carboxylic acids is 1. The molecule has 0 saturated carbocycles. The highest BCUT2D eigenvalue weighted by Crippen LogP contribution is 2.31. The van der Waals surface area contributed by atoms with Crippen LogP contribution in [0.4, 0.5) is 0 Å². The summed E-state index contributed by atoms with van der Waals surface area (Å²) in [5.74, 6) is 0.0411. The maximum Gasteiger partial charge on any atom is 0.263 e. The Morgan fingerprint density at radius 2 is 2.11 bits per heavy atom. The fourth-order valence-electron chi connectivity index (χ4n) is 2.03. The van der Waals surface area contributed by atoms with Crippen LogP contribution in [0.1, 0.15) is 28.6 Å². The zero-order valence-electron chi connectivity index (χ0n) is 11.5. The van der Waals surface area contributed by atoms with E-state index < -0.39 is 0 Å². The molecule has 0 spiro atoms. The molecule has 2 aromatic rings. The normalized spacial score (nSPS) is 12.6. The molecule has 0 aliphatic carbocycles. The SMILES string of the molecule is Cc1c(C(=O)N(C)CCC(C)O)sc2ccccc12. The Hall–Kier alpha value is -1.39. The van der Waals surface area contributed by atoms with Crippen molar-refractivity contribution >= 4 is 27.3 Å². The van der Waals surface area contributed by atoms with Crippen molar-refractivity contribution < 1.29 is 9.90 Å². The highest BCUT2D eigenvalue weighted by Gasteiger charge is 2.18. The quantitative estimate of drug-likeness (QED) is 0.933. The number of thiophene rings is 1. The van der Waals surface area contributed by atoms with Crippen molar-refractivity contribution in [3.05, 3.63) is 34.7 Å². The van der Waals surface area contributed by atoms with Crippen molar-refractivity contribution in [2.24, 2.45) is 0 Å². The smallest absolute Gasteiger partial charge is 0.263 e. The van der Waals surface area contributed by atoms with Gasteiger partial charge >= 0.3 is 0 Å². The summed E-state index contributed by atoms with van der Waals surface area (Å²) in [6.45, 7) is 4.31. The van der Waals surface area contributed by atoms with E-state index in [0.29, 0.717) is 13.0 Å². The zero-order chi connectivity index (χ0) is 14.0. The molecular weight excluding hydrogens is 258 g/mol. The Morgan fingerprint density at radius 3 is 2.74 bits per heavy atom. The van der Waals surface area contributed by atoms with Gasteiger partial charge in [0.1, 0.15) is 0 Å². The summed E-state index contributed by atoms with van der Waals surface area (Å²) < 4.78 is 1.15. The van der Waals surface area contributed by atoms with Crippen molar-refractivity contribution in [1.29, 1.82) is 0 Å². The monoisotopic (exact) mass is 277 g/mol. The standard InChI is InChI=1S/C15H19NO2S/c1-10(17)8-9-16(3)15(18)14-11(2)12-6-4-5-7-13(12)19-14/h4-7,10,17H,8-9H2,1-3H3.